The van der Waals surface area contributed by atoms with Gasteiger partial charge in [0.25, 0.3) is 0 Å². The fraction of sp³-hybridized carbons (Fsp3) is 0.333. The van der Waals surface area contributed by atoms with Gasteiger partial charge in [-0.25, -0.2) is 4.98 Å². The van der Waals surface area contributed by atoms with Crippen LogP contribution < -0.4 is 10.6 Å². The van der Waals surface area contributed by atoms with Crippen LogP contribution in [0.15, 0.2) is 29.0 Å². The summed E-state index contributed by atoms with van der Waals surface area (Å²) in [7, 11) is 0. The van der Waals surface area contributed by atoms with Crippen molar-refractivity contribution >= 4 is 17.5 Å². The van der Waals surface area contributed by atoms with E-state index in [1.165, 1.54) is 6.20 Å². The fourth-order valence-corrected chi connectivity index (χ4v) is 1.67. The molecule has 0 saturated heterocycles. The van der Waals surface area contributed by atoms with E-state index in [0.717, 1.165) is 0 Å². The first-order valence-corrected chi connectivity index (χ1v) is 6.17. The molecule has 0 fully saturated rings. The molecule has 2 aromatic rings. The number of hydrogen-bond donors (Lipinski definition) is 2. The number of rotatable bonds is 6. The molecular formula is C12H15N5O3. The van der Waals surface area contributed by atoms with Gasteiger partial charge in [-0.05, 0) is 26.0 Å². The van der Waals surface area contributed by atoms with E-state index in [2.05, 4.69) is 20.6 Å². The van der Waals surface area contributed by atoms with Crippen molar-refractivity contribution in [2.45, 2.75) is 19.9 Å². The zero-order chi connectivity index (χ0) is 14.5. The average molecular weight is 277 g/mol. The first kappa shape index (κ1) is 13.8. The minimum atomic E-state index is -0.521. The van der Waals surface area contributed by atoms with Crippen LogP contribution in [-0.4, -0.2) is 21.4 Å². The van der Waals surface area contributed by atoms with Crippen molar-refractivity contribution in [2.24, 2.45) is 0 Å². The molecule has 0 saturated carbocycles. The van der Waals surface area contributed by atoms with Crippen LogP contribution in [0.25, 0.3) is 0 Å². The Morgan fingerprint density at radius 2 is 2.35 bits per heavy atom. The fourth-order valence-electron chi connectivity index (χ4n) is 1.67. The molecule has 20 heavy (non-hydrogen) atoms. The van der Waals surface area contributed by atoms with Crippen LogP contribution in [0, 0.1) is 10.1 Å². The van der Waals surface area contributed by atoms with E-state index in [-0.39, 0.29) is 17.5 Å². The molecule has 2 heterocycles. The molecule has 0 spiro atoms. The highest BCUT2D eigenvalue weighted by atomic mass is 16.6. The molecule has 0 aromatic carbocycles. The number of nitro groups is 1. The molecule has 2 N–H and O–H groups in total. The van der Waals surface area contributed by atoms with E-state index in [4.69, 9.17) is 4.42 Å². The minimum Gasteiger partial charge on any atom is -0.467 e. The van der Waals surface area contributed by atoms with Crippen molar-refractivity contribution in [1.29, 1.82) is 0 Å². The normalized spacial score (nSPS) is 11.9. The summed E-state index contributed by atoms with van der Waals surface area (Å²) >= 11 is 0. The summed E-state index contributed by atoms with van der Waals surface area (Å²) in [6.45, 7) is 4.35. The average Bonchev–Trinajstić information content (AvgIpc) is 2.93. The molecule has 0 amide bonds. The summed E-state index contributed by atoms with van der Waals surface area (Å²) < 4.78 is 5.25. The van der Waals surface area contributed by atoms with E-state index in [9.17, 15) is 10.1 Å². The van der Waals surface area contributed by atoms with Crippen LogP contribution in [0.1, 0.15) is 25.6 Å². The maximum absolute atomic E-state index is 11.0. The maximum atomic E-state index is 11.0. The smallest absolute Gasteiger partial charge is 0.329 e. The second-order valence-corrected chi connectivity index (χ2v) is 4.10. The van der Waals surface area contributed by atoms with Crippen molar-refractivity contribution in [1.82, 2.24) is 9.97 Å². The van der Waals surface area contributed by atoms with Gasteiger partial charge in [0.2, 0.25) is 11.8 Å². The monoisotopic (exact) mass is 277 g/mol. The van der Waals surface area contributed by atoms with Crippen molar-refractivity contribution in [2.75, 3.05) is 17.2 Å². The molecule has 0 radical (unpaired) electrons. The highest BCUT2D eigenvalue weighted by Crippen LogP contribution is 2.26. The van der Waals surface area contributed by atoms with Gasteiger partial charge in [-0.3, -0.25) is 10.1 Å². The Morgan fingerprint density at radius 1 is 1.55 bits per heavy atom. The van der Waals surface area contributed by atoms with Gasteiger partial charge in [0.15, 0.2) is 0 Å². The Labute approximate surface area is 115 Å². The summed E-state index contributed by atoms with van der Waals surface area (Å²) in [6.07, 6.45) is 2.73. The Kier molecular flexibility index (Phi) is 4.14. The summed E-state index contributed by atoms with van der Waals surface area (Å²) in [5, 5.41) is 16.9. The second kappa shape index (κ2) is 6.00. The second-order valence-electron chi connectivity index (χ2n) is 4.10. The molecular weight excluding hydrogens is 262 g/mol. The Morgan fingerprint density at radius 3 is 2.95 bits per heavy atom. The number of aromatic nitrogens is 2. The SMILES string of the molecule is CCNc1ncc([N+](=O)[O-])c(NC(C)c2ccco2)n1. The van der Waals surface area contributed by atoms with Crippen LogP contribution in [-0.2, 0) is 0 Å². The molecule has 0 aliphatic carbocycles. The predicted molar refractivity (Wildman–Crippen MR) is 73.6 cm³/mol. The third kappa shape index (κ3) is 3.02. The molecule has 8 nitrogen and oxygen atoms in total. The van der Waals surface area contributed by atoms with Gasteiger partial charge < -0.3 is 15.1 Å². The first-order valence-electron chi connectivity index (χ1n) is 6.17. The van der Waals surface area contributed by atoms with Gasteiger partial charge >= 0.3 is 5.69 Å². The van der Waals surface area contributed by atoms with Crippen LogP contribution in [0.2, 0.25) is 0 Å². The lowest BCUT2D eigenvalue weighted by Gasteiger charge is -2.12. The van der Waals surface area contributed by atoms with E-state index >= 15 is 0 Å². The number of nitrogens with one attached hydrogen (secondary N) is 2. The highest BCUT2D eigenvalue weighted by Gasteiger charge is 2.20. The van der Waals surface area contributed by atoms with Crippen LogP contribution >= 0.6 is 0 Å². The minimum absolute atomic E-state index is 0.157. The van der Waals surface area contributed by atoms with Crippen molar-refractivity contribution < 1.29 is 9.34 Å². The van der Waals surface area contributed by atoms with Gasteiger partial charge in [0.1, 0.15) is 12.0 Å². The Balaban J connectivity index is 2.27. The zero-order valence-corrected chi connectivity index (χ0v) is 11.2. The zero-order valence-electron chi connectivity index (χ0n) is 11.2. The largest absolute Gasteiger partial charge is 0.467 e. The number of furan rings is 1. The molecule has 0 aliphatic heterocycles. The predicted octanol–water partition coefficient (Wildman–Crippen LogP) is 2.58. The lowest BCUT2D eigenvalue weighted by Crippen LogP contribution is -2.11. The molecule has 8 heteroatoms. The van der Waals surface area contributed by atoms with E-state index in [1.54, 1.807) is 18.4 Å². The number of anilines is 2. The number of hydrogen-bond acceptors (Lipinski definition) is 7. The van der Waals surface area contributed by atoms with Gasteiger partial charge in [-0.2, -0.15) is 4.98 Å². The summed E-state index contributed by atoms with van der Waals surface area (Å²) in [5.41, 5.74) is -0.176. The molecule has 0 aliphatic rings. The molecule has 106 valence electrons. The van der Waals surface area contributed by atoms with Crippen molar-refractivity contribution in [3.05, 3.63) is 40.5 Å². The summed E-state index contributed by atoms with van der Waals surface area (Å²) in [4.78, 5) is 18.5. The van der Waals surface area contributed by atoms with E-state index in [1.807, 2.05) is 13.8 Å². The lowest BCUT2D eigenvalue weighted by molar-refractivity contribution is -0.384. The summed E-state index contributed by atoms with van der Waals surface area (Å²) in [5.74, 6) is 1.17. The Bertz CT molecular complexity index is 585. The topological polar surface area (TPSA) is 106 Å². The molecule has 0 bridgehead atoms. The third-order valence-electron chi connectivity index (χ3n) is 2.62. The van der Waals surface area contributed by atoms with E-state index < -0.39 is 4.92 Å². The molecule has 2 rings (SSSR count). The molecule has 1 atom stereocenters. The van der Waals surface area contributed by atoms with Crippen molar-refractivity contribution in [3.63, 3.8) is 0 Å². The third-order valence-corrected chi connectivity index (χ3v) is 2.62. The van der Waals surface area contributed by atoms with Crippen molar-refractivity contribution in [3.8, 4) is 0 Å². The Hall–Kier alpha value is -2.64. The molecule has 2 aromatic heterocycles. The van der Waals surface area contributed by atoms with E-state index in [0.29, 0.717) is 18.3 Å². The highest BCUT2D eigenvalue weighted by molar-refractivity contribution is 5.57. The van der Waals surface area contributed by atoms with Crippen LogP contribution in [0.4, 0.5) is 17.5 Å². The molecule has 1 unspecified atom stereocenters. The first-order chi connectivity index (χ1) is 9.61. The van der Waals surface area contributed by atoms with Gasteiger partial charge in [0, 0.05) is 6.54 Å². The van der Waals surface area contributed by atoms with Gasteiger partial charge in [-0.15, -0.1) is 0 Å². The van der Waals surface area contributed by atoms with Gasteiger partial charge in [0.05, 0.1) is 17.2 Å². The van der Waals surface area contributed by atoms with Crippen LogP contribution in [0.3, 0.4) is 0 Å². The quantitative estimate of drug-likeness (QED) is 0.617. The lowest BCUT2D eigenvalue weighted by atomic mass is 10.2. The van der Waals surface area contributed by atoms with Gasteiger partial charge in [-0.1, -0.05) is 0 Å². The maximum Gasteiger partial charge on any atom is 0.329 e. The number of nitrogens with zero attached hydrogens (tertiary/aromatic N) is 3. The standard InChI is InChI=1S/C12H15N5O3/c1-3-13-12-14-7-9(17(18)19)11(16-12)15-8(2)10-5-4-6-20-10/h4-8H,3H2,1-2H3,(H2,13,14,15,16). The van der Waals surface area contributed by atoms with Crippen LogP contribution in [0.5, 0.6) is 0 Å². The summed E-state index contributed by atoms with van der Waals surface area (Å²) in [6, 6.07) is 3.30.